The first kappa shape index (κ1) is 16.1. The Bertz CT molecular complexity index is 760. The quantitative estimate of drug-likeness (QED) is 0.910. The Morgan fingerprint density at radius 1 is 1.36 bits per heavy atom. The summed E-state index contributed by atoms with van der Waals surface area (Å²) in [7, 11) is 1.70. The van der Waals surface area contributed by atoms with Crippen LogP contribution in [0.15, 0.2) is 42.7 Å². The molecule has 4 nitrogen and oxygen atoms in total. The van der Waals surface area contributed by atoms with Crippen molar-refractivity contribution in [1.29, 1.82) is 0 Å². The van der Waals surface area contributed by atoms with E-state index in [9.17, 15) is 4.79 Å². The number of nitrogens with one attached hydrogen (secondary N) is 1. The number of pyridine rings is 1. The third kappa shape index (κ3) is 3.39. The molecule has 1 amide bonds. The molecule has 1 N–H and O–H groups in total. The number of fused-ring (bicyclic) bond motifs is 1. The van der Waals surface area contributed by atoms with E-state index in [2.05, 4.69) is 28.5 Å². The molecule has 4 rings (SSSR count). The number of nitrogens with zero attached hydrogens (tertiary/aromatic N) is 1. The lowest BCUT2D eigenvalue weighted by Crippen LogP contribution is -2.31. The number of aryl methyl sites for hydroxylation is 1. The van der Waals surface area contributed by atoms with Crippen LogP contribution in [0.4, 0.5) is 0 Å². The molecule has 1 fully saturated rings. The van der Waals surface area contributed by atoms with E-state index in [4.69, 9.17) is 4.74 Å². The normalized spacial score (nSPS) is 24.3. The molecule has 0 bridgehead atoms. The second kappa shape index (κ2) is 6.87. The largest absolute Gasteiger partial charge is 0.497 e. The lowest BCUT2D eigenvalue weighted by atomic mass is 9.82. The number of hydrogen-bond acceptors (Lipinski definition) is 3. The highest BCUT2D eigenvalue weighted by atomic mass is 16.5. The molecular weight excluding hydrogens is 312 g/mol. The van der Waals surface area contributed by atoms with Gasteiger partial charge in [0.05, 0.1) is 7.11 Å². The molecule has 4 heteroatoms. The van der Waals surface area contributed by atoms with Crippen molar-refractivity contribution < 1.29 is 9.53 Å². The molecule has 0 spiro atoms. The van der Waals surface area contributed by atoms with E-state index in [0.29, 0.717) is 11.8 Å². The van der Waals surface area contributed by atoms with Gasteiger partial charge in [-0.25, -0.2) is 0 Å². The van der Waals surface area contributed by atoms with E-state index in [1.165, 1.54) is 23.1 Å². The van der Waals surface area contributed by atoms with Crippen molar-refractivity contribution in [3.63, 3.8) is 0 Å². The molecule has 2 aliphatic carbocycles. The summed E-state index contributed by atoms with van der Waals surface area (Å²) >= 11 is 0. The summed E-state index contributed by atoms with van der Waals surface area (Å²) in [4.78, 5) is 16.6. The Labute approximate surface area is 148 Å². The number of benzene rings is 1. The van der Waals surface area contributed by atoms with Gasteiger partial charge in [-0.15, -0.1) is 0 Å². The van der Waals surface area contributed by atoms with Gasteiger partial charge in [0.1, 0.15) is 5.75 Å². The predicted octanol–water partition coefficient (Wildman–Crippen LogP) is 3.43. The van der Waals surface area contributed by atoms with E-state index in [0.717, 1.165) is 31.6 Å². The van der Waals surface area contributed by atoms with Crippen LogP contribution in [0.25, 0.3) is 0 Å². The smallest absolute Gasteiger partial charge is 0.223 e. The van der Waals surface area contributed by atoms with Crippen LogP contribution in [0.2, 0.25) is 0 Å². The molecule has 3 atom stereocenters. The molecule has 25 heavy (non-hydrogen) atoms. The molecule has 1 saturated carbocycles. The summed E-state index contributed by atoms with van der Waals surface area (Å²) < 4.78 is 5.33. The molecule has 1 aromatic heterocycles. The summed E-state index contributed by atoms with van der Waals surface area (Å²) in [5.74, 6) is 1.98. The monoisotopic (exact) mass is 336 g/mol. The van der Waals surface area contributed by atoms with Crippen LogP contribution in [0, 0.1) is 5.92 Å². The van der Waals surface area contributed by atoms with Gasteiger partial charge < -0.3 is 10.1 Å². The van der Waals surface area contributed by atoms with Gasteiger partial charge in [-0.05, 0) is 66.5 Å². The first-order chi connectivity index (χ1) is 12.3. The van der Waals surface area contributed by atoms with Crippen LogP contribution >= 0.6 is 0 Å². The third-order valence-corrected chi connectivity index (χ3v) is 5.55. The zero-order valence-electron chi connectivity index (χ0n) is 14.6. The van der Waals surface area contributed by atoms with E-state index in [1.54, 1.807) is 13.3 Å². The molecule has 130 valence electrons. The van der Waals surface area contributed by atoms with Crippen molar-refractivity contribution in [3.05, 3.63) is 59.4 Å². The van der Waals surface area contributed by atoms with Crippen molar-refractivity contribution in [2.24, 2.45) is 5.92 Å². The fourth-order valence-corrected chi connectivity index (χ4v) is 4.03. The number of ether oxygens (including phenoxy) is 1. The van der Waals surface area contributed by atoms with E-state index in [1.807, 2.05) is 18.3 Å². The number of aromatic nitrogens is 1. The van der Waals surface area contributed by atoms with Gasteiger partial charge >= 0.3 is 0 Å². The molecule has 0 unspecified atom stereocenters. The number of hydrogen-bond donors (Lipinski definition) is 1. The highest BCUT2D eigenvalue weighted by Crippen LogP contribution is 2.47. The van der Waals surface area contributed by atoms with Crippen LogP contribution in [0.5, 0.6) is 5.75 Å². The average Bonchev–Trinajstić information content (AvgIpc) is 3.47. The third-order valence-electron chi connectivity index (χ3n) is 5.55. The van der Waals surface area contributed by atoms with Crippen LogP contribution in [0.1, 0.15) is 47.8 Å². The first-order valence-corrected chi connectivity index (χ1v) is 9.10. The lowest BCUT2D eigenvalue weighted by molar-refractivity contribution is -0.122. The standard InChI is InChI=1S/C21H24N2O2/c1-25-17-7-8-18-14(10-17)4-2-5-16(18)13-23-21(24)20-11-19(20)15-6-3-9-22-12-15/h3,6-10,12,16,19-20H,2,4-5,11,13H2,1H3,(H,23,24)/t16-,19+,20+/m1/s1. The molecule has 0 aliphatic heterocycles. The van der Waals surface area contributed by atoms with E-state index >= 15 is 0 Å². The van der Waals surface area contributed by atoms with Crippen molar-refractivity contribution in [2.45, 2.75) is 37.5 Å². The average molecular weight is 336 g/mol. The Balaban J connectivity index is 1.36. The Kier molecular flexibility index (Phi) is 4.43. The van der Waals surface area contributed by atoms with Gasteiger partial charge in [0.15, 0.2) is 0 Å². The van der Waals surface area contributed by atoms with Crippen molar-refractivity contribution >= 4 is 5.91 Å². The zero-order chi connectivity index (χ0) is 17.2. The maximum absolute atomic E-state index is 12.5. The Morgan fingerprint density at radius 2 is 2.28 bits per heavy atom. The fraction of sp³-hybridized carbons (Fsp3) is 0.429. The minimum Gasteiger partial charge on any atom is -0.497 e. The number of rotatable bonds is 5. The first-order valence-electron chi connectivity index (χ1n) is 9.10. The minimum absolute atomic E-state index is 0.114. The molecule has 1 aromatic carbocycles. The summed E-state index contributed by atoms with van der Waals surface area (Å²) in [6.07, 6.45) is 8.00. The maximum Gasteiger partial charge on any atom is 0.223 e. The van der Waals surface area contributed by atoms with Gasteiger partial charge in [-0.1, -0.05) is 12.1 Å². The molecule has 1 heterocycles. The summed E-state index contributed by atoms with van der Waals surface area (Å²) in [6.45, 7) is 0.731. The molecule has 2 aromatic rings. The van der Waals surface area contributed by atoms with Gasteiger partial charge in [-0.2, -0.15) is 0 Å². The van der Waals surface area contributed by atoms with Crippen LogP contribution in [-0.2, 0) is 11.2 Å². The molecule has 0 radical (unpaired) electrons. The second-order valence-electron chi connectivity index (χ2n) is 7.13. The van der Waals surface area contributed by atoms with Crippen LogP contribution in [-0.4, -0.2) is 24.5 Å². The second-order valence-corrected chi connectivity index (χ2v) is 7.13. The number of methoxy groups -OCH3 is 1. The molecule has 0 saturated heterocycles. The number of carbonyl (C=O) groups is 1. The minimum atomic E-state index is 0.114. The number of carbonyl (C=O) groups excluding carboxylic acids is 1. The Morgan fingerprint density at radius 3 is 3.08 bits per heavy atom. The zero-order valence-corrected chi connectivity index (χ0v) is 14.6. The van der Waals surface area contributed by atoms with E-state index in [-0.39, 0.29) is 11.8 Å². The topological polar surface area (TPSA) is 51.2 Å². The molecular formula is C21H24N2O2. The summed E-state index contributed by atoms with van der Waals surface area (Å²) in [5, 5.41) is 3.19. The van der Waals surface area contributed by atoms with Gasteiger partial charge in [0, 0.05) is 30.8 Å². The van der Waals surface area contributed by atoms with Gasteiger partial charge in [-0.3, -0.25) is 9.78 Å². The van der Waals surface area contributed by atoms with Crippen molar-refractivity contribution in [3.8, 4) is 5.75 Å². The maximum atomic E-state index is 12.5. The highest BCUT2D eigenvalue weighted by Gasteiger charge is 2.44. The lowest BCUT2D eigenvalue weighted by Gasteiger charge is -2.26. The highest BCUT2D eigenvalue weighted by molar-refractivity contribution is 5.82. The van der Waals surface area contributed by atoms with Gasteiger partial charge in [0.2, 0.25) is 5.91 Å². The fourth-order valence-electron chi connectivity index (χ4n) is 4.03. The summed E-state index contributed by atoms with van der Waals surface area (Å²) in [6, 6.07) is 10.3. The predicted molar refractivity (Wildman–Crippen MR) is 96.8 cm³/mol. The SMILES string of the molecule is COc1ccc2c(c1)CCC[C@@H]2CNC(=O)[C@H]1C[C@H]1c1cccnc1. The summed E-state index contributed by atoms with van der Waals surface area (Å²) in [5.41, 5.74) is 3.91. The van der Waals surface area contributed by atoms with Crippen molar-refractivity contribution in [2.75, 3.05) is 13.7 Å². The Hall–Kier alpha value is -2.36. The van der Waals surface area contributed by atoms with Crippen LogP contribution in [0.3, 0.4) is 0 Å². The molecule has 2 aliphatic rings. The van der Waals surface area contributed by atoms with Crippen LogP contribution < -0.4 is 10.1 Å². The van der Waals surface area contributed by atoms with Gasteiger partial charge in [0.25, 0.3) is 0 Å². The van der Waals surface area contributed by atoms with Crippen molar-refractivity contribution in [1.82, 2.24) is 10.3 Å². The van der Waals surface area contributed by atoms with E-state index < -0.39 is 0 Å². The number of amides is 1.